The van der Waals surface area contributed by atoms with Crippen molar-refractivity contribution < 1.29 is 32.2 Å². The smallest absolute Gasteiger partial charge is 0.317 e. The maximum Gasteiger partial charge on any atom is 0.317 e. The Labute approximate surface area is 240 Å². The van der Waals surface area contributed by atoms with Gasteiger partial charge in [0.05, 0.1) is 29.7 Å². The zero-order chi connectivity index (χ0) is 29.7. The molecule has 10 nitrogen and oxygen atoms in total. The number of aliphatic hydroxyl groups excluding tert-OH is 1. The lowest BCUT2D eigenvalue weighted by Gasteiger charge is -2.38. The number of anilines is 1. The molecule has 1 aliphatic carbocycles. The number of hydrogen-bond donors (Lipinski definition) is 3. The number of amides is 3. The van der Waals surface area contributed by atoms with Gasteiger partial charge in [-0.15, -0.1) is 0 Å². The predicted molar refractivity (Wildman–Crippen MR) is 153 cm³/mol. The highest BCUT2D eigenvalue weighted by molar-refractivity contribution is 7.92. The van der Waals surface area contributed by atoms with E-state index in [1.165, 1.54) is 24.6 Å². The molecule has 0 bridgehead atoms. The van der Waals surface area contributed by atoms with Gasteiger partial charge in [-0.2, -0.15) is 0 Å². The third kappa shape index (κ3) is 7.48. The molecular formula is C29H39FN4O6S. The number of benzene rings is 2. The van der Waals surface area contributed by atoms with E-state index in [-0.39, 0.29) is 59.6 Å². The third-order valence-corrected chi connectivity index (χ3v) is 9.17. The van der Waals surface area contributed by atoms with E-state index in [1.54, 1.807) is 23.8 Å². The van der Waals surface area contributed by atoms with Crippen LogP contribution in [0.3, 0.4) is 0 Å². The summed E-state index contributed by atoms with van der Waals surface area (Å²) in [5.74, 6) is -0.931. The molecule has 1 saturated carbocycles. The number of sulfonamides is 1. The van der Waals surface area contributed by atoms with Crippen molar-refractivity contribution in [1.29, 1.82) is 0 Å². The molecule has 3 N–H and O–H groups in total. The Morgan fingerprint density at radius 3 is 2.51 bits per heavy atom. The summed E-state index contributed by atoms with van der Waals surface area (Å²) < 4.78 is 47.9. The number of fused-ring (bicyclic) bond motifs is 1. The molecule has 0 saturated heterocycles. The van der Waals surface area contributed by atoms with Crippen molar-refractivity contribution in [2.45, 2.75) is 69.0 Å². The van der Waals surface area contributed by atoms with Crippen molar-refractivity contribution in [3.63, 3.8) is 0 Å². The molecule has 2 aliphatic rings. The number of hydrogen-bond acceptors (Lipinski definition) is 6. The summed E-state index contributed by atoms with van der Waals surface area (Å²) in [6, 6.07) is 8.26. The third-order valence-electron chi connectivity index (χ3n) is 7.77. The largest absolute Gasteiger partial charge is 0.487 e. The number of nitrogens with one attached hydrogen (secondary N) is 2. The van der Waals surface area contributed by atoms with Gasteiger partial charge in [-0.05, 0) is 62.2 Å². The Kier molecular flexibility index (Phi) is 9.75. The molecule has 224 valence electrons. The van der Waals surface area contributed by atoms with Crippen LogP contribution < -0.4 is 14.8 Å². The van der Waals surface area contributed by atoms with Crippen LogP contribution in [0.5, 0.6) is 5.75 Å². The molecule has 0 spiro atoms. The summed E-state index contributed by atoms with van der Waals surface area (Å²) in [5.41, 5.74) is 0.242. The van der Waals surface area contributed by atoms with Crippen molar-refractivity contribution in [1.82, 2.24) is 15.1 Å². The van der Waals surface area contributed by atoms with Gasteiger partial charge in [0.15, 0.2) is 0 Å². The molecule has 2 aromatic carbocycles. The summed E-state index contributed by atoms with van der Waals surface area (Å²) in [6.07, 6.45) is 4.83. The van der Waals surface area contributed by atoms with Crippen molar-refractivity contribution in [3.05, 3.63) is 53.8 Å². The van der Waals surface area contributed by atoms with Crippen LogP contribution in [-0.4, -0.2) is 80.2 Å². The molecule has 2 aromatic rings. The molecule has 4 rings (SSSR count). The number of nitrogens with zero attached hydrogens (tertiary/aromatic N) is 2. The number of urea groups is 1. The van der Waals surface area contributed by atoms with Crippen molar-refractivity contribution in [3.8, 4) is 5.75 Å². The average Bonchev–Trinajstić information content (AvgIpc) is 2.95. The maximum atomic E-state index is 13.7. The summed E-state index contributed by atoms with van der Waals surface area (Å²) in [4.78, 5) is 29.6. The minimum absolute atomic E-state index is 0.121. The van der Waals surface area contributed by atoms with Crippen molar-refractivity contribution in [2.24, 2.45) is 5.92 Å². The van der Waals surface area contributed by atoms with Gasteiger partial charge in [0, 0.05) is 31.2 Å². The number of likely N-dealkylation sites (N-methyl/N-ethyl adjacent to an activating group) is 1. The van der Waals surface area contributed by atoms with Crippen LogP contribution in [0.1, 0.15) is 56.3 Å². The minimum Gasteiger partial charge on any atom is -0.487 e. The molecule has 0 radical (unpaired) electrons. The molecule has 1 heterocycles. The molecule has 12 heteroatoms. The topological polar surface area (TPSA) is 128 Å². The highest BCUT2D eigenvalue weighted by Gasteiger charge is 2.34. The summed E-state index contributed by atoms with van der Waals surface area (Å²) >= 11 is 0. The second-order valence-corrected chi connectivity index (χ2v) is 12.7. The average molecular weight is 591 g/mol. The Balaban J connectivity index is 1.59. The zero-order valence-corrected chi connectivity index (χ0v) is 24.5. The highest BCUT2D eigenvalue weighted by Crippen LogP contribution is 2.31. The standard InChI is InChI=1S/C29H39FN4O6S/c1-19-16-34(20(2)18-35)28(36)25-15-23(32-41(38,39)24-12-9-21(30)10-13-24)11-14-26(25)40-27(19)17-33(3)29(37)31-22-7-5-4-6-8-22/h9-15,19-20,22,27,32,35H,4-8,16-18H2,1-3H3,(H,31,37)/t19-,20-,27+/m0/s1. The lowest BCUT2D eigenvalue weighted by molar-refractivity contribution is 0.0366. The number of ether oxygens (including phenoxy) is 1. The van der Waals surface area contributed by atoms with Crippen LogP contribution in [0.4, 0.5) is 14.9 Å². The monoisotopic (exact) mass is 590 g/mol. The molecule has 41 heavy (non-hydrogen) atoms. The van der Waals surface area contributed by atoms with Gasteiger partial charge >= 0.3 is 6.03 Å². The maximum absolute atomic E-state index is 13.7. The Morgan fingerprint density at radius 2 is 1.85 bits per heavy atom. The van der Waals surface area contributed by atoms with Crippen LogP contribution in [-0.2, 0) is 10.0 Å². The number of halogens is 1. The fourth-order valence-electron chi connectivity index (χ4n) is 5.22. The lowest BCUT2D eigenvalue weighted by atomic mass is 9.96. The van der Waals surface area contributed by atoms with Gasteiger partial charge in [0.2, 0.25) is 0 Å². The summed E-state index contributed by atoms with van der Waals surface area (Å²) in [5, 5.41) is 13.0. The summed E-state index contributed by atoms with van der Waals surface area (Å²) in [6.45, 7) is 3.91. The van der Waals surface area contributed by atoms with Crippen LogP contribution in [0, 0.1) is 11.7 Å². The van der Waals surface area contributed by atoms with Crippen molar-refractivity contribution in [2.75, 3.05) is 31.5 Å². The van der Waals surface area contributed by atoms with E-state index in [4.69, 9.17) is 4.74 Å². The van der Waals surface area contributed by atoms with E-state index in [0.29, 0.717) is 0 Å². The van der Waals surface area contributed by atoms with Crippen LogP contribution in [0.2, 0.25) is 0 Å². The molecule has 1 aliphatic heterocycles. The van der Waals surface area contributed by atoms with Gasteiger partial charge in [0.1, 0.15) is 17.7 Å². The Bertz CT molecular complexity index is 1330. The molecule has 3 atom stereocenters. The number of carbonyl (C=O) groups excluding carboxylic acids is 2. The van der Waals surface area contributed by atoms with Crippen LogP contribution in [0.15, 0.2) is 47.4 Å². The Hall–Kier alpha value is -3.38. The minimum atomic E-state index is -4.06. The van der Waals surface area contributed by atoms with E-state index >= 15 is 0 Å². The first-order valence-corrected chi connectivity index (χ1v) is 15.5. The zero-order valence-electron chi connectivity index (χ0n) is 23.7. The van der Waals surface area contributed by atoms with Crippen LogP contribution in [0.25, 0.3) is 0 Å². The van der Waals surface area contributed by atoms with E-state index < -0.39 is 33.9 Å². The molecule has 1 fully saturated rings. The predicted octanol–water partition coefficient (Wildman–Crippen LogP) is 3.82. The first-order valence-electron chi connectivity index (χ1n) is 14.0. The number of rotatable bonds is 8. The fourth-order valence-corrected chi connectivity index (χ4v) is 6.27. The second-order valence-electron chi connectivity index (χ2n) is 11.1. The molecule has 0 aromatic heterocycles. The molecule has 0 unspecified atom stereocenters. The van der Waals surface area contributed by atoms with Gasteiger partial charge in [-0.3, -0.25) is 9.52 Å². The van der Waals surface area contributed by atoms with Gasteiger partial charge < -0.3 is 25.0 Å². The molecular weight excluding hydrogens is 551 g/mol. The van der Waals surface area contributed by atoms with Crippen LogP contribution >= 0.6 is 0 Å². The normalized spacial score (nSPS) is 20.7. The van der Waals surface area contributed by atoms with E-state index in [0.717, 1.165) is 49.9 Å². The van der Waals surface area contributed by atoms with Gasteiger partial charge in [0.25, 0.3) is 15.9 Å². The van der Waals surface area contributed by atoms with E-state index in [9.17, 15) is 27.5 Å². The first kappa shape index (κ1) is 30.6. The van der Waals surface area contributed by atoms with Crippen molar-refractivity contribution >= 4 is 27.6 Å². The van der Waals surface area contributed by atoms with E-state index in [1.807, 2.05) is 6.92 Å². The van der Waals surface area contributed by atoms with Gasteiger partial charge in [-0.1, -0.05) is 26.2 Å². The Morgan fingerprint density at radius 1 is 1.17 bits per heavy atom. The number of carbonyl (C=O) groups is 2. The molecule has 3 amide bonds. The second kappa shape index (κ2) is 13.1. The van der Waals surface area contributed by atoms with E-state index in [2.05, 4.69) is 10.0 Å². The van der Waals surface area contributed by atoms with Gasteiger partial charge in [-0.25, -0.2) is 17.6 Å². The summed E-state index contributed by atoms with van der Waals surface area (Å²) in [7, 11) is -2.35. The lowest BCUT2D eigenvalue weighted by Crippen LogP contribution is -2.52. The highest BCUT2D eigenvalue weighted by atomic mass is 32.2. The quantitative estimate of drug-likeness (QED) is 0.429. The fraction of sp³-hybridized carbons (Fsp3) is 0.517. The SMILES string of the molecule is C[C@H]1CN([C@@H](C)CO)C(=O)c2cc(NS(=O)(=O)c3ccc(F)cc3)ccc2O[C@@H]1CN(C)C(=O)NC1CCCCC1. The first-order chi connectivity index (χ1) is 19.5. The number of aliphatic hydroxyl groups is 1.